The predicted molar refractivity (Wildman–Crippen MR) is 69.9 cm³/mol. The molecule has 0 spiro atoms. The topological polar surface area (TPSA) is 20.3 Å². The van der Waals surface area contributed by atoms with Crippen LogP contribution in [0.15, 0.2) is 24.3 Å². The molecule has 5 heteroatoms. The molecule has 0 aromatic heterocycles. The van der Waals surface area contributed by atoms with Crippen molar-refractivity contribution in [2.45, 2.75) is 38.4 Å². The second-order valence-corrected chi connectivity index (χ2v) is 5.37. The van der Waals surface area contributed by atoms with Gasteiger partial charge in [0, 0.05) is 19.5 Å². The van der Waals surface area contributed by atoms with E-state index in [9.17, 15) is 18.0 Å². The number of carbonyl (C=O) groups excluding carboxylic acids is 1. The molecule has 0 N–H and O–H groups in total. The average Bonchev–Trinajstić information content (AvgIpc) is 2.91. The Hall–Kier alpha value is -1.52. The van der Waals surface area contributed by atoms with E-state index >= 15 is 0 Å². The average molecular weight is 285 g/mol. The quantitative estimate of drug-likeness (QED) is 0.826. The van der Waals surface area contributed by atoms with Crippen molar-refractivity contribution in [1.29, 1.82) is 0 Å². The third kappa shape index (κ3) is 3.52. The summed E-state index contributed by atoms with van der Waals surface area (Å²) in [6.07, 6.45) is -0.286. The highest BCUT2D eigenvalue weighted by Crippen LogP contribution is 2.29. The largest absolute Gasteiger partial charge is 0.416 e. The summed E-state index contributed by atoms with van der Waals surface area (Å²) >= 11 is 0. The predicted octanol–water partition coefficient (Wildman–Crippen LogP) is 3.85. The number of nitrogens with zero attached hydrogens (tertiary/aromatic N) is 1. The van der Waals surface area contributed by atoms with Crippen LogP contribution in [0.25, 0.3) is 0 Å². The molecule has 0 heterocycles. The molecule has 0 saturated heterocycles. The van der Waals surface area contributed by atoms with E-state index in [1.54, 1.807) is 11.9 Å². The van der Waals surface area contributed by atoms with Gasteiger partial charge in [0.25, 0.3) is 0 Å². The maximum absolute atomic E-state index is 12.5. The van der Waals surface area contributed by atoms with Gasteiger partial charge in [-0.25, -0.2) is 0 Å². The first kappa shape index (κ1) is 14.9. The molecule has 1 amide bonds. The summed E-state index contributed by atoms with van der Waals surface area (Å²) in [5, 5.41) is 0. The Morgan fingerprint density at radius 1 is 1.20 bits per heavy atom. The Bertz CT molecular complexity index is 461. The van der Waals surface area contributed by atoms with Crippen LogP contribution in [-0.2, 0) is 17.5 Å². The Kier molecular flexibility index (Phi) is 4.35. The molecule has 0 radical (unpaired) electrons. The van der Waals surface area contributed by atoms with Gasteiger partial charge in [-0.1, -0.05) is 25.0 Å². The highest BCUT2D eigenvalue weighted by atomic mass is 19.4. The number of carbonyl (C=O) groups is 1. The number of benzene rings is 1. The molecular weight excluding hydrogens is 267 g/mol. The molecule has 1 aromatic rings. The Balaban J connectivity index is 1.97. The van der Waals surface area contributed by atoms with Gasteiger partial charge < -0.3 is 4.90 Å². The summed E-state index contributed by atoms with van der Waals surface area (Å²) in [6.45, 7) is 0.355. The first-order chi connectivity index (χ1) is 9.38. The maximum atomic E-state index is 12.5. The molecule has 110 valence electrons. The minimum absolute atomic E-state index is 0.0921. The number of rotatable bonds is 3. The molecule has 1 aliphatic carbocycles. The molecule has 0 bridgehead atoms. The molecule has 0 aliphatic heterocycles. The zero-order valence-corrected chi connectivity index (χ0v) is 11.4. The van der Waals surface area contributed by atoms with Crippen molar-refractivity contribution in [3.63, 3.8) is 0 Å². The second-order valence-electron chi connectivity index (χ2n) is 5.37. The zero-order valence-electron chi connectivity index (χ0n) is 11.4. The van der Waals surface area contributed by atoms with Crippen LogP contribution in [0.1, 0.15) is 36.8 Å². The summed E-state index contributed by atoms with van der Waals surface area (Å²) in [6, 6.07) is 4.98. The van der Waals surface area contributed by atoms with Crippen LogP contribution in [0.2, 0.25) is 0 Å². The van der Waals surface area contributed by atoms with E-state index in [0.717, 1.165) is 37.8 Å². The van der Waals surface area contributed by atoms with Gasteiger partial charge >= 0.3 is 6.18 Å². The first-order valence-corrected chi connectivity index (χ1v) is 6.79. The van der Waals surface area contributed by atoms with Gasteiger partial charge in [0.2, 0.25) is 5.91 Å². The molecule has 2 rings (SSSR count). The highest BCUT2D eigenvalue weighted by molar-refractivity contribution is 5.78. The Labute approximate surface area is 116 Å². The molecule has 1 aromatic carbocycles. The van der Waals surface area contributed by atoms with Crippen molar-refractivity contribution in [3.05, 3.63) is 35.4 Å². The second kappa shape index (κ2) is 5.85. The van der Waals surface area contributed by atoms with E-state index in [1.165, 1.54) is 12.1 Å². The van der Waals surface area contributed by atoms with Crippen molar-refractivity contribution in [2.24, 2.45) is 5.92 Å². The SMILES string of the molecule is CN(Cc1ccc(C(F)(F)F)cc1)C(=O)C1CCCC1. The first-order valence-electron chi connectivity index (χ1n) is 6.79. The minimum Gasteiger partial charge on any atom is -0.341 e. The lowest BCUT2D eigenvalue weighted by atomic mass is 10.1. The van der Waals surface area contributed by atoms with Crippen molar-refractivity contribution in [1.82, 2.24) is 4.90 Å². The summed E-state index contributed by atoms with van der Waals surface area (Å²) < 4.78 is 37.4. The molecule has 1 aliphatic rings. The fourth-order valence-electron chi connectivity index (χ4n) is 2.64. The van der Waals surface area contributed by atoms with E-state index in [2.05, 4.69) is 0 Å². The summed E-state index contributed by atoms with van der Waals surface area (Å²) in [5.41, 5.74) is 0.0536. The summed E-state index contributed by atoms with van der Waals surface area (Å²) in [4.78, 5) is 13.7. The van der Waals surface area contributed by atoms with Gasteiger partial charge in [0.15, 0.2) is 0 Å². The van der Waals surface area contributed by atoms with Crippen molar-refractivity contribution in [3.8, 4) is 0 Å². The highest BCUT2D eigenvalue weighted by Gasteiger charge is 2.30. The van der Waals surface area contributed by atoms with E-state index in [1.807, 2.05) is 0 Å². The fraction of sp³-hybridized carbons (Fsp3) is 0.533. The Morgan fingerprint density at radius 3 is 2.25 bits per heavy atom. The summed E-state index contributed by atoms with van der Waals surface area (Å²) in [7, 11) is 1.71. The van der Waals surface area contributed by atoms with Gasteiger partial charge in [-0.15, -0.1) is 0 Å². The van der Waals surface area contributed by atoms with Crippen LogP contribution in [0.4, 0.5) is 13.2 Å². The van der Waals surface area contributed by atoms with Crippen molar-refractivity contribution >= 4 is 5.91 Å². The van der Waals surface area contributed by atoms with Crippen LogP contribution < -0.4 is 0 Å². The van der Waals surface area contributed by atoms with Crippen molar-refractivity contribution in [2.75, 3.05) is 7.05 Å². The van der Waals surface area contributed by atoms with Gasteiger partial charge in [0.05, 0.1) is 5.56 Å². The van der Waals surface area contributed by atoms with E-state index in [0.29, 0.717) is 12.1 Å². The van der Waals surface area contributed by atoms with Gasteiger partial charge in [-0.2, -0.15) is 13.2 Å². The van der Waals surface area contributed by atoms with Crippen LogP contribution in [0.3, 0.4) is 0 Å². The third-order valence-corrected chi connectivity index (χ3v) is 3.78. The van der Waals surface area contributed by atoms with Crippen LogP contribution in [-0.4, -0.2) is 17.9 Å². The van der Waals surface area contributed by atoms with Crippen LogP contribution in [0, 0.1) is 5.92 Å². The standard InChI is InChI=1S/C15H18F3NO/c1-19(14(20)12-4-2-3-5-12)10-11-6-8-13(9-7-11)15(16,17)18/h6-9,12H,2-5,10H2,1H3. The van der Waals surface area contributed by atoms with E-state index in [4.69, 9.17) is 0 Å². The zero-order chi connectivity index (χ0) is 14.8. The molecule has 0 atom stereocenters. The number of amides is 1. The van der Waals surface area contributed by atoms with Gasteiger partial charge in [-0.3, -0.25) is 4.79 Å². The number of alkyl halides is 3. The minimum atomic E-state index is -4.32. The molecule has 1 saturated carbocycles. The van der Waals surface area contributed by atoms with E-state index in [-0.39, 0.29) is 11.8 Å². The van der Waals surface area contributed by atoms with Crippen molar-refractivity contribution < 1.29 is 18.0 Å². The number of hydrogen-bond donors (Lipinski definition) is 0. The monoisotopic (exact) mass is 285 g/mol. The Morgan fingerprint density at radius 2 is 1.75 bits per heavy atom. The van der Waals surface area contributed by atoms with Crippen LogP contribution in [0.5, 0.6) is 0 Å². The molecule has 0 unspecified atom stereocenters. The van der Waals surface area contributed by atoms with Gasteiger partial charge in [-0.05, 0) is 30.5 Å². The normalized spacial score (nSPS) is 16.4. The maximum Gasteiger partial charge on any atom is 0.416 e. The lowest BCUT2D eigenvalue weighted by Crippen LogP contribution is -2.31. The molecule has 2 nitrogen and oxygen atoms in total. The van der Waals surface area contributed by atoms with Crippen LogP contribution >= 0.6 is 0 Å². The number of hydrogen-bond acceptors (Lipinski definition) is 1. The van der Waals surface area contributed by atoms with E-state index < -0.39 is 11.7 Å². The summed E-state index contributed by atoms with van der Waals surface area (Å²) in [5.74, 6) is 0.192. The third-order valence-electron chi connectivity index (χ3n) is 3.78. The molecular formula is C15H18F3NO. The smallest absolute Gasteiger partial charge is 0.341 e. The number of halogens is 3. The lowest BCUT2D eigenvalue weighted by Gasteiger charge is -2.21. The molecule has 1 fully saturated rings. The fourth-order valence-corrected chi connectivity index (χ4v) is 2.64. The molecule has 20 heavy (non-hydrogen) atoms. The lowest BCUT2D eigenvalue weighted by molar-refractivity contribution is -0.138. The van der Waals surface area contributed by atoms with Gasteiger partial charge in [0.1, 0.15) is 0 Å².